The van der Waals surface area contributed by atoms with E-state index in [2.05, 4.69) is 22.2 Å². The number of nitrogens with one attached hydrogen (secondary N) is 1. The van der Waals surface area contributed by atoms with Crippen LogP contribution in [0.5, 0.6) is 0 Å². The Morgan fingerprint density at radius 1 is 1.21 bits per heavy atom. The van der Waals surface area contributed by atoms with E-state index in [0.717, 1.165) is 18.5 Å². The van der Waals surface area contributed by atoms with Gasteiger partial charge < -0.3 is 11.1 Å². The molecule has 0 aliphatic carbocycles. The summed E-state index contributed by atoms with van der Waals surface area (Å²) < 4.78 is 13.9. The number of halogens is 1. The molecule has 100 valence electrons. The average Bonchev–Trinajstić information content (AvgIpc) is 2.42. The molecule has 0 amide bonds. The van der Waals surface area contributed by atoms with Crippen molar-refractivity contribution in [2.24, 2.45) is 0 Å². The minimum atomic E-state index is -0.348. The molecule has 0 spiro atoms. The number of anilines is 1. The van der Waals surface area contributed by atoms with Crippen LogP contribution in [0.2, 0.25) is 0 Å². The smallest absolute Gasteiger partial charge is 0.146 e. The van der Waals surface area contributed by atoms with Gasteiger partial charge in [0.25, 0.3) is 0 Å². The molecular weight excluding hydrogens is 243 g/mol. The van der Waals surface area contributed by atoms with Gasteiger partial charge in [0, 0.05) is 35.4 Å². The van der Waals surface area contributed by atoms with Crippen LogP contribution in [0.25, 0.3) is 0 Å². The number of pyridine rings is 2. The molecule has 19 heavy (non-hydrogen) atoms. The minimum Gasteiger partial charge on any atom is -0.398 e. The van der Waals surface area contributed by atoms with Gasteiger partial charge in [0.1, 0.15) is 5.82 Å². The zero-order valence-corrected chi connectivity index (χ0v) is 10.8. The van der Waals surface area contributed by atoms with Crippen molar-refractivity contribution in [2.45, 2.75) is 19.4 Å². The van der Waals surface area contributed by atoms with E-state index < -0.39 is 0 Å². The van der Waals surface area contributed by atoms with Gasteiger partial charge in [-0.15, -0.1) is 0 Å². The van der Waals surface area contributed by atoms with Gasteiger partial charge in [-0.2, -0.15) is 0 Å². The Hall–Kier alpha value is -2.01. The molecular formula is C14H17FN4. The minimum absolute atomic E-state index is 0.309. The lowest BCUT2D eigenvalue weighted by molar-refractivity contribution is 0.543. The maximum Gasteiger partial charge on any atom is 0.146 e. The molecule has 0 saturated heterocycles. The summed E-state index contributed by atoms with van der Waals surface area (Å²) >= 11 is 0. The van der Waals surface area contributed by atoms with Crippen LogP contribution in [-0.2, 0) is 0 Å². The summed E-state index contributed by atoms with van der Waals surface area (Å²) in [5.74, 6) is -0.348. The summed E-state index contributed by atoms with van der Waals surface area (Å²) in [7, 11) is 0. The molecule has 2 rings (SSSR count). The average molecular weight is 260 g/mol. The van der Waals surface area contributed by atoms with Crippen LogP contribution in [-0.4, -0.2) is 16.5 Å². The first kappa shape index (κ1) is 13.4. The van der Waals surface area contributed by atoms with Crippen LogP contribution in [0, 0.1) is 5.82 Å². The lowest BCUT2D eigenvalue weighted by atomic mass is 9.99. The fourth-order valence-corrected chi connectivity index (χ4v) is 1.95. The number of nitrogens with zero attached hydrogens (tertiary/aromatic N) is 2. The van der Waals surface area contributed by atoms with E-state index in [1.165, 1.54) is 6.20 Å². The molecule has 3 N–H and O–H groups in total. The van der Waals surface area contributed by atoms with Crippen LogP contribution >= 0.6 is 0 Å². The van der Waals surface area contributed by atoms with Crippen molar-refractivity contribution in [2.75, 3.05) is 12.3 Å². The molecule has 0 saturated carbocycles. The molecule has 1 unspecified atom stereocenters. The number of nitrogens with two attached hydrogens (primary N) is 1. The van der Waals surface area contributed by atoms with Crippen molar-refractivity contribution in [3.8, 4) is 0 Å². The van der Waals surface area contributed by atoms with Crippen LogP contribution < -0.4 is 11.1 Å². The molecule has 0 aliphatic heterocycles. The second-order valence-electron chi connectivity index (χ2n) is 4.29. The molecule has 0 radical (unpaired) electrons. The first-order valence-electron chi connectivity index (χ1n) is 6.26. The Labute approximate surface area is 111 Å². The predicted molar refractivity (Wildman–Crippen MR) is 73.0 cm³/mol. The van der Waals surface area contributed by atoms with Gasteiger partial charge in [0.05, 0.1) is 12.2 Å². The fourth-order valence-electron chi connectivity index (χ4n) is 1.95. The molecule has 5 heteroatoms. The second-order valence-corrected chi connectivity index (χ2v) is 4.29. The summed E-state index contributed by atoms with van der Waals surface area (Å²) in [5, 5.41) is 3.30. The highest BCUT2D eigenvalue weighted by Crippen LogP contribution is 2.27. The molecule has 1 atom stereocenters. The number of hydrogen-bond donors (Lipinski definition) is 2. The van der Waals surface area contributed by atoms with Crippen molar-refractivity contribution in [3.63, 3.8) is 0 Å². The van der Waals surface area contributed by atoms with E-state index >= 15 is 0 Å². The predicted octanol–water partition coefficient (Wildman–Crippen LogP) is 2.29. The zero-order chi connectivity index (χ0) is 13.7. The van der Waals surface area contributed by atoms with Crippen LogP contribution in [0.4, 0.5) is 10.1 Å². The Bertz CT molecular complexity index is 499. The maximum atomic E-state index is 13.9. The van der Waals surface area contributed by atoms with E-state index in [0.29, 0.717) is 11.3 Å². The van der Waals surface area contributed by atoms with Gasteiger partial charge in [-0.25, -0.2) is 4.39 Å². The van der Waals surface area contributed by atoms with E-state index in [1.807, 2.05) is 0 Å². The van der Waals surface area contributed by atoms with E-state index in [4.69, 9.17) is 5.73 Å². The Balaban J connectivity index is 2.42. The number of nitrogen functional groups attached to an aromatic ring is 1. The monoisotopic (exact) mass is 260 g/mol. The maximum absolute atomic E-state index is 13.9. The molecule has 0 aromatic carbocycles. The lowest BCUT2D eigenvalue weighted by Gasteiger charge is -2.21. The summed E-state index contributed by atoms with van der Waals surface area (Å²) in [5.41, 5.74) is 7.87. The van der Waals surface area contributed by atoms with Gasteiger partial charge in [0.15, 0.2) is 0 Å². The number of rotatable bonds is 5. The first-order chi connectivity index (χ1) is 9.24. The number of aromatic nitrogens is 2. The normalized spacial score (nSPS) is 12.3. The Kier molecular flexibility index (Phi) is 4.41. The molecule has 2 aromatic heterocycles. The molecule has 0 fully saturated rings. The zero-order valence-electron chi connectivity index (χ0n) is 10.8. The van der Waals surface area contributed by atoms with Gasteiger partial charge >= 0.3 is 0 Å². The van der Waals surface area contributed by atoms with Crippen molar-refractivity contribution in [1.29, 1.82) is 0 Å². The molecule has 0 bridgehead atoms. The van der Waals surface area contributed by atoms with E-state index in [1.54, 1.807) is 30.7 Å². The van der Waals surface area contributed by atoms with Crippen molar-refractivity contribution in [3.05, 3.63) is 53.9 Å². The molecule has 2 heterocycles. The highest BCUT2D eigenvalue weighted by atomic mass is 19.1. The lowest BCUT2D eigenvalue weighted by Crippen LogP contribution is -2.25. The van der Waals surface area contributed by atoms with Gasteiger partial charge in [-0.1, -0.05) is 6.92 Å². The standard InChI is InChI=1S/C14H17FN4/c1-2-5-19-14(10-3-6-18-9-12(10)15)11-8-17-7-4-13(11)16/h3-4,6-9,14,19H,2,5H2,1H3,(H2,16,17). The Morgan fingerprint density at radius 2 is 1.95 bits per heavy atom. The molecule has 0 aliphatic rings. The molecule has 2 aromatic rings. The van der Waals surface area contributed by atoms with E-state index in [9.17, 15) is 4.39 Å². The topological polar surface area (TPSA) is 63.8 Å². The third-order valence-corrected chi connectivity index (χ3v) is 2.91. The highest BCUT2D eigenvalue weighted by Gasteiger charge is 2.19. The van der Waals surface area contributed by atoms with Crippen LogP contribution in [0.1, 0.15) is 30.5 Å². The molecule has 4 nitrogen and oxygen atoms in total. The fraction of sp³-hybridized carbons (Fsp3) is 0.286. The van der Waals surface area contributed by atoms with Crippen molar-refractivity contribution < 1.29 is 4.39 Å². The quantitative estimate of drug-likeness (QED) is 0.865. The summed E-state index contributed by atoms with van der Waals surface area (Å²) in [4.78, 5) is 7.85. The summed E-state index contributed by atoms with van der Waals surface area (Å²) in [6.45, 7) is 2.82. The van der Waals surface area contributed by atoms with Gasteiger partial charge in [0.2, 0.25) is 0 Å². The van der Waals surface area contributed by atoms with Gasteiger partial charge in [-0.3, -0.25) is 9.97 Å². The van der Waals surface area contributed by atoms with E-state index in [-0.39, 0.29) is 11.9 Å². The Morgan fingerprint density at radius 3 is 2.63 bits per heavy atom. The third-order valence-electron chi connectivity index (χ3n) is 2.91. The summed E-state index contributed by atoms with van der Waals surface area (Å²) in [6, 6.07) is 3.07. The second kappa shape index (κ2) is 6.24. The van der Waals surface area contributed by atoms with Crippen LogP contribution in [0.3, 0.4) is 0 Å². The number of hydrogen-bond acceptors (Lipinski definition) is 4. The SMILES string of the molecule is CCCNC(c1cnccc1N)c1ccncc1F. The largest absolute Gasteiger partial charge is 0.398 e. The highest BCUT2D eigenvalue weighted by molar-refractivity contribution is 5.49. The van der Waals surface area contributed by atoms with Gasteiger partial charge in [-0.05, 0) is 25.1 Å². The van der Waals surface area contributed by atoms with Crippen molar-refractivity contribution >= 4 is 5.69 Å². The summed E-state index contributed by atoms with van der Waals surface area (Å²) in [6.07, 6.45) is 7.03. The van der Waals surface area contributed by atoms with Crippen LogP contribution in [0.15, 0.2) is 36.9 Å². The first-order valence-corrected chi connectivity index (χ1v) is 6.26. The third kappa shape index (κ3) is 3.06. The van der Waals surface area contributed by atoms with Crippen molar-refractivity contribution in [1.82, 2.24) is 15.3 Å².